The minimum Gasteiger partial charge on any atom is -0.481 e. The van der Waals surface area contributed by atoms with E-state index in [9.17, 15) is 19.1 Å². The van der Waals surface area contributed by atoms with Crippen LogP contribution in [0.3, 0.4) is 0 Å². The first-order valence-electron chi connectivity index (χ1n) is 8.53. The van der Waals surface area contributed by atoms with Crippen molar-refractivity contribution in [1.82, 2.24) is 14.9 Å². The molecule has 1 N–H and O–H groups in total. The topological polar surface area (TPSA) is 83.4 Å². The summed E-state index contributed by atoms with van der Waals surface area (Å²) < 4.78 is 13.0. The lowest BCUT2D eigenvalue weighted by Gasteiger charge is -2.36. The molecule has 7 heteroatoms. The van der Waals surface area contributed by atoms with Crippen LogP contribution in [0.25, 0.3) is 11.4 Å². The number of piperidine rings is 1. The molecule has 0 unspecified atom stereocenters. The quantitative estimate of drug-likeness (QED) is 0.909. The van der Waals surface area contributed by atoms with Gasteiger partial charge in [0.1, 0.15) is 0 Å². The van der Waals surface area contributed by atoms with E-state index in [0.717, 1.165) is 18.0 Å². The van der Waals surface area contributed by atoms with Gasteiger partial charge in [0.2, 0.25) is 5.91 Å². The van der Waals surface area contributed by atoms with Crippen LogP contribution in [0, 0.1) is 11.7 Å². The van der Waals surface area contributed by atoms with Gasteiger partial charge in [0.25, 0.3) is 0 Å². The molecule has 6 nitrogen and oxygen atoms in total. The lowest BCUT2D eigenvalue weighted by Crippen LogP contribution is -2.47. The predicted molar refractivity (Wildman–Crippen MR) is 92.7 cm³/mol. The van der Waals surface area contributed by atoms with Crippen LogP contribution in [-0.2, 0) is 16.0 Å². The second kappa shape index (κ2) is 7.59. The van der Waals surface area contributed by atoms with Crippen molar-refractivity contribution in [2.24, 2.45) is 5.92 Å². The minimum atomic E-state index is -0.856. The number of nitrogens with zero attached hydrogens (tertiary/aromatic N) is 3. The van der Waals surface area contributed by atoms with Crippen LogP contribution in [0.15, 0.2) is 36.7 Å². The molecule has 1 amide bonds. The van der Waals surface area contributed by atoms with Crippen LogP contribution >= 0.6 is 0 Å². The number of aliphatic carboxylic acids is 1. The number of amides is 1. The molecule has 0 radical (unpaired) electrons. The number of hydrogen-bond donors (Lipinski definition) is 1. The van der Waals surface area contributed by atoms with Crippen LogP contribution in [0.5, 0.6) is 0 Å². The van der Waals surface area contributed by atoms with Crippen molar-refractivity contribution in [1.29, 1.82) is 0 Å². The van der Waals surface area contributed by atoms with E-state index in [-0.39, 0.29) is 24.9 Å². The summed E-state index contributed by atoms with van der Waals surface area (Å²) in [5, 5.41) is 9.22. The van der Waals surface area contributed by atoms with E-state index in [1.807, 2.05) is 13.0 Å². The largest absolute Gasteiger partial charge is 0.481 e. The Hall–Kier alpha value is -2.83. The molecule has 2 atom stereocenters. The Balaban J connectivity index is 1.74. The zero-order chi connectivity index (χ0) is 18.7. The average Bonchev–Trinajstić information content (AvgIpc) is 2.62. The fourth-order valence-corrected chi connectivity index (χ4v) is 3.21. The molecule has 3 rings (SSSR count). The standard InChI is InChI=1S/C19H20FN3O3/c1-12-5-6-15(19(25)26)11-23(12)17(24)8-13-3-2-4-14(7-13)18-21-9-16(20)10-22-18/h2-4,7,9-10,12,15H,5-6,8,11H2,1H3,(H,25,26)/t12-,15+/m0/s1. The van der Waals surface area contributed by atoms with Gasteiger partial charge in [-0.25, -0.2) is 14.4 Å². The van der Waals surface area contributed by atoms with Crippen molar-refractivity contribution in [3.05, 3.63) is 48.0 Å². The second-order valence-electron chi connectivity index (χ2n) is 6.61. The number of halogens is 1. The monoisotopic (exact) mass is 357 g/mol. The molecular weight excluding hydrogens is 337 g/mol. The highest BCUT2D eigenvalue weighted by Gasteiger charge is 2.32. The molecule has 1 aliphatic heterocycles. The van der Waals surface area contributed by atoms with Crippen LogP contribution < -0.4 is 0 Å². The summed E-state index contributed by atoms with van der Waals surface area (Å²) in [6.45, 7) is 2.19. The Bertz CT molecular complexity index is 810. The molecule has 1 aromatic carbocycles. The molecule has 0 spiro atoms. The number of carbonyl (C=O) groups excluding carboxylic acids is 1. The van der Waals surface area contributed by atoms with Gasteiger partial charge in [0.05, 0.1) is 24.7 Å². The molecule has 1 fully saturated rings. The van der Waals surface area contributed by atoms with Gasteiger partial charge in [-0.2, -0.15) is 0 Å². The fourth-order valence-electron chi connectivity index (χ4n) is 3.21. The normalized spacial score (nSPS) is 20.0. The molecule has 26 heavy (non-hydrogen) atoms. The molecule has 0 aliphatic carbocycles. The summed E-state index contributed by atoms with van der Waals surface area (Å²) in [5.74, 6) is -1.58. The Morgan fingerprint density at radius 3 is 2.69 bits per heavy atom. The molecule has 2 aromatic rings. The Kier molecular flexibility index (Phi) is 5.25. The maximum atomic E-state index is 13.0. The first kappa shape index (κ1) is 18.0. The van der Waals surface area contributed by atoms with Gasteiger partial charge in [-0.15, -0.1) is 0 Å². The number of aromatic nitrogens is 2. The number of carboxylic acid groups (broad SMARTS) is 1. The number of carbonyl (C=O) groups is 2. The van der Waals surface area contributed by atoms with Crippen LogP contribution in [0.4, 0.5) is 4.39 Å². The molecular formula is C19H20FN3O3. The molecule has 1 aromatic heterocycles. The first-order chi connectivity index (χ1) is 12.4. The van der Waals surface area contributed by atoms with Crippen molar-refractivity contribution >= 4 is 11.9 Å². The van der Waals surface area contributed by atoms with E-state index < -0.39 is 17.7 Å². The van der Waals surface area contributed by atoms with Gasteiger partial charge in [-0.05, 0) is 31.4 Å². The van der Waals surface area contributed by atoms with Crippen molar-refractivity contribution in [3.63, 3.8) is 0 Å². The number of likely N-dealkylation sites (tertiary alicyclic amines) is 1. The number of carboxylic acids is 1. The lowest BCUT2D eigenvalue weighted by atomic mass is 9.93. The number of rotatable bonds is 4. The Morgan fingerprint density at radius 1 is 1.27 bits per heavy atom. The SMILES string of the molecule is C[C@H]1CC[C@@H](C(=O)O)CN1C(=O)Cc1cccc(-c2ncc(F)cn2)c1. The van der Waals surface area contributed by atoms with E-state index in [4.69, 9.17) is 0 Å². The zero-order valence-electron chi connectivity index (χ0n) is 14.4. The summed E-state index contributed by atoms with van der Waals surface area (Å²) >= 11 is 0. The third kappa shape index (κ3) is 4.04. The minimum absolute atomic E-state index is 0.0294. The van der Waals surface area contributed by atoms with E-state index >= 15 is 0 Å². The van der Waals surface area contributed by atoms with Crippen LogP contribution in [0.2, 0.25) is 0 Å². The molecule has 0 saturated carbocycles. The highest BCUT2D eigenvalue weighted by Crippen LogP contribution is 2.24. The number of hydrogen-bond acceptors (Lipinski definition) is 4. The van der Waals surface area contributed by atoms with Crippen LogP contribution in [-0.4, -0.2) is 44.4 Å². The van der Waals surface area contributed by atoms with Gasteiger partial charge in [-0.1, -0.05) is 18.2 Å². The van der Waals surface area contributed by atoms with Crippen molar-refractivity contribution < 1.29 is 19.1 Å². The van der Waals surface area contributed by atoms with E-state index in [2.05, 4.69) is 9.97 Å². The first-order valence-corrected chi connectivity index (χ1v) is 8.53. The third-order valence-corrected chi connectivity index (χ3v) is 4.71. The third-order valence-electron chi connectivity index (χ3n) is 4.71. The molecule has 136 valence electrons. The van der Waals surface area contributed by atoms with Crippen LogP contribution in [0.1, 0.15) is 25.3 Å². The van der Waals surface area contributed by atoms with E-state index in [1.165, 1.54) is 0 Å². The maximum Gasteiger partial charge on any atom is 0.308 e. The van der Waals surface area contributed by atoms with Gasteiger partial charge in [0, 0.05) is 18.2 Å². The number of benzene rings is 1. The Labute approximate surface area is 150 Å². The molecule has 1 aliphatic rings. The highest BCUT2D eigenvalue weighted by molar-refractivity contribution is 5.81. The summed E-state index contributed by atoms with van der Waals surface area (Å²) in [5.41, 5.74) is 1.48. The fraction of sp³-hybridized carbons (Fsp3) is 0.368. The van der Waals surface area contributed by atoms with Gasteiger partial charge in [0.15, 0.2) is 11.6 Å². The average molecular weight is 357 g/mol. The summed E-state index contributed by atoms with van der Waals surface area (Å²) in [7, 11) is 0. The maximum absolute atomic E-state index is 13.0. The molecule has 0 bridgehead atoms. The summed E-state index contributed by atoms with van der Waals surface area (Å²) in [6.07, 6.45) is 3.65. The van der Waals surface area contributed by atoms with Crippen molar-refractivity contribution in [2.75, 3.05) is 6.54 Å². The smallest absolute Gasteiger partial charge is 0.308 e. The summed E-state index contributed by atoms with van der Waals surface area (Å²) in [6, 6.07) is 7.25. The van der Waals surface area contributed by atoms with E-state index in [0.29, 0.717) is 24.2 Å². The highest BCUT2D eigenvalue weighted by atomic mass is 19.1. The van der Waals surface area contributed by atoms with Gasteiger partial charge >= 0.3 is 5.97 Å². The zero-order valence-corrected chi connectivity index (χ0v) is 14.4. The second-order valence-corrected chi connectivity index (χ2v) is 6.61. The van der Waals surface area contributed by atoms with Gasteiger partial charge < -0.3 is 10.0 Å². The molecule has 1 saturated heterocycles. The van der Waals surface area contributed by atoms with Crippen molar-refractivity contribution in [3.8, 4) is 11.4 Å². The molecule has 2 heterocycles. The van der Waals surface area contributed by atoms with Gasteiger partial charge in [-0.3, -0.25) is 9.59 Å². The van der Waals surface area contributed by atoms with E-state index in [1.54, 1.807) is 23.1 Å². The predicted octanol–water partition coefficient (Wildman–Crippen LogP) is 2.54. The summed E-state index contributed by atoms with van der Waals surface area (Å²) in [4.78, 5) is 33.5. The Morgan fingerprint density at radius 2 is 2.00 bits per heavy atom. The van der Waals surface area contributed by atoms with Crippen molar-refractivity contribution in [2.45, 2.75) is 32.2 Å². The lowest BCUT2D eigenvalue weighted by molar-refractivity contribution is -0.146.